The van der Waals surface area contributed by atoms with Crippen LogP contribution in [-0.2, 0) is 6.42 Å². The van der Waals surface area contributed by atoms with Gasteiger partial charge >= 0.3 is 0 Å². The second kappa shape index (κ2) is 12.7. The predicted octanol–water partition coefficient (Wildman–Crippen LogP) is 15.2. The molecule has 0 bridgehead atoms. The zero-order valence-corrected chi connectivity index (χ0v) is 34.8. The molecule has 3 aliphatic rings. The minimum absolute atomic E-state index is 0.147. The Morgan fingerprint density at radius 2 is 1.06 bits per heavy atom. The maximum atomic E-state index is 6.03. The van der Waals surface area contributed by atoms with Crippen LogP contribution in [0, 0.1) is 0 Å². The van der Waals surface area contributed by atoms with Crippen LogP contribution in [0.15, 0.2) is 211 Å². The molecule has 2 aromatic heterocycles. The first-order valence-electron chi connectivity index (χ1n) is 22.4. The molecule has 0 amide bonds. The van der Waals surface area contributed by atoms with Crippen LogP contribution in [0.2, 0.25) is 0 Å². The Labute approximate surface area is 369 Å². The number of benzene rings is 10. The summed E-state index contributed by atoms with van der Waals surface area (Å²) in [6, 6.07) is 74.1. The Kier molecular flexibility index (Phi) is 6.79. The number of allylic oxidation sites excluding steroid dienone is 1. The fraction of sp³-hybridized carbons (Fsp3) is 0.0328. The van der Waals surface area contributed by atoms with Gasteiger partial charge < -0.3 is 4.57 Å². The Balaban J connectivity index is 1.11. The third-order valence-electron chi connectivity index (χ3n) is 14.6. The summed E-state index contributed by atoms with van der Waals surface area (Å²) < 4.78 is 4.97. The van der Waals surface area contributed by atoms with Crippen molar-refractivity contribution in [2.75, 3.05) is 0 Å². The molecule has 2 aliphatic carbocycles. The summed E-state index contributed by atoms with van der Waals surface area (Å²) in [5.41, 5.74) is 20.0. The number of hydrogen-bond acceptors (Lipinski definition) is 1. The van der Waals surface area contributed by atoms with E-state index in [0.29, 0.717) is 0 Å². The molecule has 0 spiro atoms. The number of rotatable bonds is 2. The van der Waals surface area contributed by atoms with Gasteiger partial charge in [0.2, 0.25) is 0 Å². The van der Waals surface area contributed by atoms with Crippen molar-refractivity contribution in [1.29, 1.82) is 0 Å². The molecule has 1 aliphatic heterocycles. The minimum Gasteiger partial charge on any atom is -0.309 e. The molecule has 12 aromatic rings. The van der Waals surface area contributed by atoms with Crippen molar-refractivity contribution in [1.82, 2.24) is 9.13 Å². The second-order valence-electron chi connectivity index (χ2n) is 17.6. The average Bonchev–Trinajstić information content (AvgIpc) is 4.06. The topological polar surface area (TPSA) is 22.2 Å². The highest BCUT2D eigenvalue weighted by Gasteiger charge is 2.42. The van der Waals surface area contributed by atoms with Crippen molar-refractivity contribution < 1.29 is 0 Å². The quantitative estimate of drug-likeness (QED) is 0.166. The van der Waals surface area contributed by atoms with Gasteiger partial charge in [-0.2, -0.15) is 0 Å². The smallest absolute Gasteiger partial charge is 0.145 e. The van der Waals surface area contributed by atoms with E-state index in [1.165, 1.54) is 110 Å². The van der Waals surface area contributed by atoms with E-state index in [0.717, 1.165) is 34.8 Å². The van der Waals surface area contributed by atoms with Gasteiger partial charge in [-0.1, -0.05) is 176 Å². The predicted molar refractivity (Wildman–Crippen MR) is 267 cm³/mol. The number of aromatic nitrogens is 2. The molecule has 10 aromatic carbocycles. The van der Waals surface area contributed by atoms with E-state index in [2.05, 4.69) is 215 Å². The standard InChI is InChI=1S/C61H37N3/c1-2-18-38(19-3-1)63-50-30-13-12-26-47(50)53-46(28-15-31-51(53)63)49-34-32-37-17-5-7-21-40(37)61(62-49)64-52-35-33-36-16-4-6-20-39(36)55(52)58-45-25-11-10-24-44(45)57-56-43-23-9-8-22-41(43)42-27-14-29-48(54(42)56)59(57)60(58)64/h1-31,33-35,56H,32H2/t56-/m0/s1. The van der Waals surface area contributed by atoms with Crippen molar-refractivity contribution in [3.63, 3.8) is 0 Å². The van der Waals surface area contributed by atoms with Crippen molar-refractivity contribution in [2.45, 2.75) is 12.3 Å². The molecule has 296 valence electrons. The number of nitrogens with zero attached hydrogens (tertiary/aromatic N) is 3. The van der Waals surface area contributed by atoms with Crippen LogP contribution in [0.3, 0.4) is 0 Å². The summed E-state index contributed by atoms with van der Waals surface area (Å²) in [5.74, 6) is 1.10. The average molecular weight is 812 g/mol. The fourth-order valence-electron chi connectivity index (χ4n) is 12.1. The van der Waals surface area contributed by atoms with E-state index in [9.17, 15) is 0 Å². The Morgan fingerprint density at radius 1 is 0.406 bits per heavy atom. The summed E-state index contributed by atoms with van der Waals surface area (Å²) in [6.45, 7) is 0. The molecule has 3 nitrogen and oxygen atoms in total. The molecular weight excluding hydrogens is 775 g/mol. The SMILES string of the molecule is C1=C(c2cccc3c2c2ccccc2n3-c2ccccc2)N=C(n2c3ccc4ccccc4c3c3c4ccccc4c4c(c32)-c2cccc3c2[C@@H]4c2ccccc2-3)c2ccccc2C1. The largest absolute Gasteiger partial charge is 0.309 e. The number of fused-ring (bicyclic) bond motifs is 19. The molecule has 1 atom stereocenters. The third-order valence-corrected chi connectivity index (χ3v) is 14.6. The molecule has 64 heavy (non-hydrogen) atoms. The van der Waals surface area contributed by atoms with Gasteiger partial charge in [-0.15, -0.1) is 0 Å². The lowest BCUT2D eigenvalue weighted by atomic mass is 9.87. The Morgan fingerprint density at radius 3 is 1.97 bits per heavy atom. The summed E-state index contributed by atoms with van der Waals surface area (Å²) in [7, 11) is 0. The minimum atomic E-state index is 0.147. The lowest BCUT2D eigenvalue weighted by molar-refractivity contribution is 1.07. The number of aliphatic imine (C=N–C) groups is 1. The molecular formula is C61H37N3. The first-order valence-corrected chi connectivity index (χ1v) is 22.4. The number of para-hydroxylation sites is 2. The van der Waals surface area contributed by atoms with E-state index in [-0.39, 0.29) is 5.92 Å². The number of hydrogen-bond donors (Lipinski definition) is 0. The summed E-state index contributed by atoms with van der Waals surface area (Å²) in [5, 5.41) is 10.1. The van der Waals surface area contributed by atoms with Crippen molar-refractivity contribution in [3.05, 3.63) is 240 Å². The Hall–Kier alpha value is -8.27. The van der Waals surface area contributed by atoms with Crippen LogP contribution in [0.1, 0.15) is 39.3 Å². The molecule has 3 heteroatoms. The third kappa shape index (κ3) is 4.38. The lowest BCUT2D eigenvalue weighted by Crippen LogP contribution is -2.15. The van der Waals surface area contributed by atoms with E-state index in [1.54, 1.807) is 0 Å². The molecule has 15 rings (SSSR count). The molecule has 0 radical (unpaired) electrons. The van der Waals surface area contributed by atoms with Crippen LogP contribution in [0.25, 0.3) is 98.8 Å². The normalized spacial score (nSPS) is 14.8. The molecule has 0 unspecified atom stereocenters. The summed E-state index contributed by atoms with van der Waals surface area (Å²) >= 11 is 0. The highest BCUT2D eigenvalue weighted by atomic mass is 15.1. The van der Waals surface area contributed by atoms with Gasteiger partial charge in [0.25, 0.3) is 0 Å². The molecule has 0 N–H and O–H groups in total. The van der Waals surface area contributed by atoms with E-state index < -0.39 is 0 Å². The zero-order chi connectivity index (χ0) is 41.6. The van der Waals surface area contributed by atoms with E-state index in [4.69, 9.17) is 4.99 Å². The maximum absolute atomic E-state index is 6.03. The first kappa shape index (κ1) is 34.3. The van der Waals surface area contributed by atoms with E-state index >= 15 is 0 Å². The summed E-state index contributed by atoms with van der Waals surface area (Å²) in [4.78, 5) is 6.03. The Bertz CT molecular complexity index is 4100. The second-order valence-corrected chi connectivity index (χ2v) is 17.6. The highest BCUT2D eigenvalue weighted by molar-refractivity contribution is 6.35. The van der Waals surface area contributed by atoms with Gasteiger partial charge in [-0.25, -0.2) is 4.99 Å². The van der Waals surface area contributed by atoms with Crippen molar-refractivity contribution >= 4 is 76.7 Å². The lowest BCUT2D eigenvalue weighted by Gasteiger charge is -2.19. The highest BCUT2D eigenvalue weighted by Crippen LogP contribution is 2.62. The van der Waals surface area contributed by atoms with Crippen LogP contribution < -0.4 is 0 Å². The van der Waals surface area contributed by atoms with E-state index in [1.807, 2.05) is 0 Å². The van der Waals surface area contributed by atoms with Crippen molar-refractivity contribution in [2.24, 2.45) is 4.99 Å². The zero-order valence-electron chi connectivity index (χ0n) is 34.8. The van der Waals surface area contributed by atoms with Crippen LogP contribution >= 0.6 is 0 Å². The maximum Gasteiger partial charge on any atom is 0.145 e. The fourth-order valence-corrected chi connectivity index (χ4v) is 12.1. The van der Waals surface area contributed by atoms with Crippen molar-refractivity contribution in [3.8, 4) is 27.9 Å². The van der Waals surface area contributed by atoms with Gasteiger partial charge in [-0.3, -0.25) is 4.57 Å². The van der Waals surface area contributed by atoms with Crippen LogP contribution in [0.5, 0.6) is 0 Å². The van der Waals surface area contributed by atoms with Gasteiger partial charge in [0.05, 0.1) is 27.8 Å². The molecule has 3 heterocycles. The molecule has 0 fully saturated rings. The first-order chi connectivity index (χ1) is 31.8. The molecule has 0 saturated heterocycles. The van der Waals surface area contributed by atoms with Crippen LogP contribution in [-0.4, -0.2) is 15.0 Å². The van der Waals surface area contributed by atoms with Gasteiger partial charge in [-0.05, 0) is 97.2 Å². The van der Waals surface area contributed by atoms with Gasteiger partial charge in [0.1, 0.15) is 5.84 Å². The van der Waals surface area contributed by atoms with Gasteiger partial charge in [0.15, 0.2) is 0 Å². The van der Waals surface area contributed by atoms with Gasteiger partial charge in [0, 0.05) is 49.8 Å². The monoisotopic (exact) mass is 811 g/mol. The summed E-state index contributed by atoms with van der Waals surface area (Å²) in [6.07, 6.45) is 3.13. The molecule has 0 saturated carbocycles. The van der Waals surface area contributed by atoms with Crippen LogP contribution in [0.4, 0.5) is 0 Å².